The van der Waals surface area contributed by atoms with Crippen LogP contribution in [0.4, 0.5) is 0 Å². The van der Waals surface area contributed by atoms with Crippen molar-refractivity contribution in [2.45, 2.75) is 65.6 Å². The maximum absolute atomic E-state index is 13.8. The molecule has 4 aromatic rings. The molecule has 1 amide bonds. The summed E-state index contributed by atoms with van der Waals surface area (Å²) in [6, 6.07) is 9.04. The average Bonchev–Trinajstić information content (AvgIpc) is 3.33. The highest BCUT2D eigenvalue weighted by atomic mass is 35.5. The lowest BCUT2D eigenvalue weighted by Gasteiger charge is -2.25. The van der Waals surface area contributed by atoms with E-state index in [0.29, 0.717) is 33.4 Å². The van der Waals surface area contributed by atoms with E-state index < -0.39 is 0 Å². The summed E-state index contributed by atoms with van der Waals surface area (Å²) in [5.74, 6) is 1.56. The van der Waals surface area contributed by atoms with Gasteiger partial charge in [0.1, 0.15) is 11.3 Å². The molecule has 1 aliphatic heterocycles. The van der Waals surface area contributed by atoms with Gasteiger partial charge in [-0.1, -0.05) is 30.2 Å². The second-order valence-electron chi connectivity index (χ2n) is 8.98. The summed E-state index contributed by atoms with van der Waals surface area (Å²) < 4.78 is 8.06. The summed E-state index contributed by atoms with van der Waals surface area (Å²) in [6.07, 6.45) is 4.29. The predicted molar refractivity (Wildman–Crippen MR) is 130 cm³/mol. The summed E-state index contributed by atoms with van der Waals surface area (Å²) in [7, 11) is 0. The van der Waals surface area contributed by atoms with Crippen LogP contribution in [-0.2, 0) is 19.5 Å². The first-order chi connectivity index (χ1) is 16.4. The third-order valence-corrected chi connectivity index (χ3v) is 6.51. The number of nitrogens with zero attached hydrogens (tertiary/aromatic N) is 6. The van der Waals surface area contributed by atoms with Crippen molar-refractivity contribution in [2.75, 3.05) is 0 Å². The fourth-order valence-electron chi connectivity index (χ4n) is 4.43. The van der Waals surface area contributed by atoms with Crippen LogP contribution in [-0.4, -0.2) is 41.6 Å². The smallest absolute Gasteiger partial charge is 0.256 e. The molecular weight excluding hydrogens is 452 g/mol. The standard InChI is InChI=1S/C25H27ClN6O2/c1-15(2)32(14-21-29-30-24(34-21)17-9-6-7-10-19(17)26)25(33)18-13-16(3)27-23-22(18)28-20-11-5-4-8-12-31(20)23/h6-7,9-10,13,15H,4-5,8,11-12,14H2,1-3H3. The largest absolute Gasteiger partial charge is 0.419 e. The van der Waals surface area contributed by atoms with E-state index in [0.717, 1.165) is 43.0 Å². The van der Waals surface area contributed by atoms with Crippen LogP contribution in [0.2, 0.25) is 5.02 Å². The molecule has 1 aliphatic rings. The molecule has 0 bridgehead atoms. The van der Waals surface area contributed by atoms with Gasteiger partial charge in [-0.15, -0.1) is 10.2 Å². The van der Waals surface area contributed by atoms with Crippen LogP contribution >= 0.6 is 11.6 Å². The number of hydrogen-bond donors (Lipinski definition) is 0. The van der Waals surface area contributed by atoms with Crippen molar-refractivity contribution in [1.29, 1.82) is 0 Å². The van der Waals surface area contributed by atoms with Gasteiger partial charge >= 0.3 is 0 Å². The van der Waals surface area contributed by atoms with Gasteiger partial charge in [0.2, 0.25) is 11.8 Å². The van der Waals surface area contributed by atoms with Crippen LogP contribution in [0.25, 0.3) is 22.6 Å². The Balaban J connectivity index is 1.49. The lowest BCUT2D eigenvalue weighted by atomic mass is 10.1. The number of halogens is 1. The van der Waals surface area contributed by atoms with Gasteiger partial charge in [-0.25, -0.2) is 9.97 Å². The number of pyridine rings is 1. The third kappa shape index (κ3) is 4.18. The number of carbonyl (C=O) groups excluding carboxylic acids is 1. The van der Waals surface area contributed by atoms with Crippen molar-refractivity contribution in [3.8, 4) is 11.5 Å². The van der Waals surface area contributed by atoms with Gasteiger partial charge < -0.3 is 13.9 Å². The molecule has 3 aromatic heterocycles. The van der Waals surface area contributed by atoms with Gasteiger partial charge in [0, 0.05) is 24.7 Å². The first-order valence-electron chi connectivity index (χ1n) is 11.7. The second-order valence-corrected chi connectivity index (χ2v) is 9.39. The Morgan fingerprint density at radius 3 is 2.79 bits per heavy atom. The van der Waals surface area contributed by atoms with Crippen molar-refractivity contribution >= 4 is 28.7 Å². The molecule has 176 valence electrons. The van der Waals surface area contributed by atoms with Crippen molar-refractivity contribution in [3.63, 3.8) is 0 Å². The van der Waals surface area contributed by atoms with Crippen molar-refractivity contribution in [1.82, 2.24) is 29.6 Å². The molecule has 0 saturated carbocycles. The SMILES string of the molecule is Cc1cc(C(=O)N(Cc2nnc(-c3ccccc3Cl)o2)C(C)C)c2nc3n(c2n1)CCCCC3. The molecule has 0 aliphatic carbocycles. The minimum absolute atomic E-state index is 0.0906. The van der Waals surface area contributed by atoms with E-state index in [2.05, 4.69) is 14.8 Å². The molecule has 4 heterocycles. The normalized spacial score (nSPS) is 13.8. The summed E-state index contributed by atoms with van der Waals surface area (Å²) in [4.78, 5) is 25.1. The molecule has 34 heavy (non-hydrogen) atoms. The predicted octanol–water partition coefficient (Wildman–Crippen LogP) is 5.22. The van der Waals surface area contributed by atoms with E-state index in [1.807, 2.05) is 45.0 Å². The minimum atomic E-state index is -0.128. The van der Waals surface area contributed by atoms with Crippen molar-refractivity contribution in [2.24, 2.45) is 0 Å². The Morgan fingerprint density at radius 1 is 1.18 bits per heavy atom. The minimum Gasteiger partial charge on any atom is -0.419 e. The van der Waals surface area contributed by atoms with Gasteiger partial charge in [-0.3, -0.25) is 4.79 Å². The Hall–Kier alpha value is -3.26. The van der Waals surface area contributed by atoms with E-state index in [1.54, 1.807) is 11.0 Å². The molecule has 8 nitrogen and oxygen atoms in total. The summed E-state index contributed by atoms with van der Waals surface area (Å²) >= 11 is 6.27. The van der Waals surface area contributed by atoms with Crippen LogP contribution in [0, 0.1) is 6.92 Å². The zero-order valence-corrected chi connectivity index (χ0v) is 20.3. The van der Waals surface area contributed by atoms with E-state index in [-0.39, 0.29) is 18.5 Å². The Morgan fingerprint density at radius 2 is 2.00 bits per heavy atom. The van der Waals surface area contributed by atoms with Crippen LogP contribution in [0.15, 0.2) is 34.7 Å². The Labute approximate surface area is 203 Å². The highest BCUT2D eigenvalue weighted by Gasteiger charge is 2.27. The fourth-order valence-corrected chi connectivity index (χ4v) is 4.65. The number of fused-ring (bicyclic) bond motifs is 3. The Kier molecular flexibility index (Phi) is 6.08. The van der Waals surface area contributed by atoms with Gasteiger partial charge in [0.25, 0.3) is 5.91 Å². The molecule has 1 aromatic carbocycles. The van der Waals surface area contributed by atoms with Crippen molar-refractivity contribution in [3.05, 3.63) is 58.3 Å². The first kappa shape index (κ1) is 22.5. The second kappa shape index (κ2) is 9.18. The average molecular weight is 479 g/mol. The molecule has 0 spiro atoms. The maximum atomic E-state index is 13.8. The number of imidazole rings is 1. The van der Waals surface area contributed by atoms with E-state index in [1.165, 1.54) is 6.42 Å². The first-order valence-corrected chi connectivity index (χ1v) is 12.0. The molecule has 0 unspecified atom stereocenters. The van der Waals surface area contributed by atoms with Gasteiger partial charge in [-0.2, -0.15) is 0 Å². The topological polar surface area (TPSA) is 89.9 Å². The van der Waals surface area contributed by atoms with E-state index in [9.17, 15) is 4.79 Å². The highest BCUT2D eigenvalue weighted by molar-refractivity contribution is 6.33. The van der Waals surface area contributed by atoms with Crippen LogP contribution < -0.4 is 0 Å². The number of amides is 1. The lowest BCUT2D eigenvalue weighted by molar-refractivity contribution is 0.0674. The fraction of sp³-hybridized carbons (Fsp3) is 0.400. The molecule has 0 saturated heterocycles. The Bertz CT molecular complexity index is 1360. The highest BCUT2D eigenvalue weighted by Crippen LogP contribution is 2.28. The molecule has 0 atom stereocenters. The van der Waals surface area contributed by atoms with E-state index in [4.69, 9.17) is 26.0 Å². The molecule has 0 fully saturated rings. The number of benzene rings is 1. The summed E-state index contributed by atoms with van der Waals surface area (Å²) in [5, 5.41) is 8.85. The third-order valence-electron chi connectivity index (χ3n) is 6.18. The number of carbonyl (C=O) groups is 1. The van der Waals surface area contributed by atoms with Crippen LogP contribution in [0.1, 0.15) is 60.9 Å². The van der Waals surface area contributed by atoms with Crippen LogP contribution in [0.3, 0.4) is 0 Å². The van der Waals surface area contributed by atoms with Crippen molar-refractivity contribution < 1.29 is 9.21 Å². The zero-order valence-electron chi connectivity index (χ0n) is 19.6. The quantitative estimate of drug-likeness (QED) is 0.390. The monoisotopic (exact) mass is 478 g/mol. The van der Waals surface area contributed by atoms with E-state index >= 15 is 0 Å². The molecule has 0 N–H and O–H groups in total. The number of aromatic nitrogens is 5. The van der Waals surface area contributed by atoms with Gasteiger partial charge in [-0.05, 0) is 51.8 Å². The van der Waals surface area contributed by atoms with Crippen LogP contribution in [0.5, 0.6) is 0 Å². The number of aryl methyl sites for hydroxylation is 3. The van der Waals surface area contributed by atoms with Gasteiger partial charge in [0.15, 0.2) is 5.65 Å². The molecular formula is C25H27ClN6O2. The number of rotatable bonds is 5. The maximum Gasteiger partial charge on any atom is 0.256 e. The lowest BCUT2D eigenvalue weighted by Crippen LogP contribution is -2.36. The molecule has 9 heteroatoms. The summed E-state index contributed by atoms with van der Waals surface area (Å²) in [5.41, 5.74) is 3.48. The molecule has 0 radical (unpaired) electrons. The summed E-state index contributed by atoms with van der Waals surface area (Å²) in [6.45, 7) is 6.93. The van der Waals surface area contributed by atoms with Gasteiger partial charge in [0.05, 0.1) is 22.7 Å². The zero-order chi connectivity index (χ0) is 23.8. The molecule has 5 rings (SSSR count). The number of hydrogen-bond acceptors (Lipinski definition) is 6.